The van der Waals surface area contributed by atoms with Crippen LogP contribution >= 0.6 is 0 Å². The minimum Gasteiger partial charge on any atom is -0.351 e. The van der Waals surface area contributed by atoms with Crippen molar-refractivity contribution in [2.75, 3.05) is 33.2 Å². The van der Waals surface area contributed by atoms with Gasteiger partial charge in [0.15, 0.2) is 0 Å². The first-order valence-corrected chi connectivity index (χ1v) is 10.9. The molecule has 168 valence electrons. The van der Waals surface area contributed by atoms with Gasteiger partial charge in [-0.05, 0) is 57.5 Å². The van der Waals surface area contributed by atoms with Crippen molar-refractivity contribution in [3.8, 4) is 0 Å². The molecule has 1 N–H and O–H groups in total. The van der Waals surface area contributed by atoms with Crippen LogP contribution in [0.3, 0.4) is 0 Å². The van der Waals surface area contributed by atoms with E-state index in [-0.39, 0.29) is 23.7 Å². The van der Waals surface area contributed by atoms with Crippen molar-refractivity contribution in [2.45, 2.75) is 39.7 Å². The Hall–Kier alpha value is -2.67. The maximum absolute atomic E-state index is 13.3. The first kappa shape index (κ1) is 23.0. The van der Waals surface area contributed by atoms with Crippen molar-refractivity contribution >= 4 is 11.8 Å². The summed E-state index contributed by atoms with van der Waals surface area (Å²) in [5, 5.41) is 2.97. The summed E-state index contributed by atoms with van der Waals surface area (Å²) >= 11 is 0. The van der Waals surface area contributed by atoms with Gasteiger partial charge in [0.2, 0.25) is 5.91 Å². The molecule has 1 fully saturated rings. The molecule has 2 amide bonds. The number of amides is 2. The molecule has 0 bridgehead atoms. The lowest BCUT2D eigenvalue weighted by molar-refractivity contribution is -0.121. The monoisotopic (exact) mass is 428 g/mol. The van der Waals surface area contributed by atoms with E-state index in [1.807, 2.05) is 37.3 Å². The van der Waals surface area contributed by atoms with Gasteiger partial charge in [-0.1, -0.05) is 12.1 Å². The average Bonchev–Trinajstić information content (AvgIpc) is 2.96. The second-order valence-electron chi connectivity index (χ2n) is 8.52. The number of hydrogen-bond acceptors (Lipinski definition) is 3. The molecule has 6 nitrogen and oxygen atoms in total. The van der Waals surface area contributed by atoms with Gasteiger partial charge in [0.1, 0.15) is 5.82 Å². The summed E-state index contributed by atoms with van der Waals surface area (Å²) in [6.45, 7) is 9.03. The molecule has 31 heavy (non-hydrogen) atoms. The molecule has 0 radical (unpaired) electrons. The largest absolute Gasteiger partial charge is 0.351 e. The Balaban J connectivity index is 1.69. The molecular weight excluding hydrogens is 395 g/mol. The van der Waals surface area contributed by atoms with Crippen LogP contribution in [0.1, 0.15) is 52.3 Å². The zero-order valence-corrected chi connectivity index (χ0v) is 19.2. The molecule has 0 saturated carbocycles. The van der Waals surface area contributed by atoms with Gasteiger partial charge in [-0.3, -0.25) is 9.59 Å². The summed E-state index contributed by atoms with van der Waals surface area (Å²) < 4.78 is 15.2. The zero-order valence-electron chi connectivity index (χ0n) is 19.2. The minimum atomic E-state index is -0.297. The standard InChI is InChI=1S/C24H33FN4O2/c1-16(19-6-8-20(25)9-7-19)26-22(30)11-10-21-17(2)28(5)18(3)23(21)24(31)29-14-12-27(4)13-15-29/h6-9,16H,10-15H2,1-5H3,(H,26,30)/t16-/m0/s1. The smallest absolute Gasteiger partial charge is 0.256 e. The number of carbonyl (C=O) groups is 2. The van der Waals surface area contributed by atoms with Crippen LogP contribution in [-0.4, -0.2) is 59.4 Å². The Labute approximate surface area is 184 Å². The van der Waals surface area contributed by atoms with Crippen LogP contribution in [0.25, 0.3) is 0 Å². The van der Waals surface area contributed by atoms with Crippen LogP contribution in [0.2, 0.25) is 0 Å². The number of carbonyl (C=O) groups excluding carboxylic acids is 2. The van der Waals surface area contributed by atoms with Gasteiger partial charge in [-0.2, -0.15) is 0 Å². The summed E-state index contributed by atoms with van der Waals surface area (Å²) in [6.07, 6.45) is 0.795. The Morgan fingerprint density at radius 3 is 2.26 bits per heavy atom. The number of nitrogens with one attached hydrogen (secondary N) is 1. The first-order chi connectivity index (χ1) is 14.7. The fourth-order valence-corrected chi connectivity index (χ4v) is 4.17. The van der Waals surface area contributed by atoms with Crippen LogP contribution in [0, 0.1) is 19.7 Å². The summed E-state index contributed by atoms with van der Waals surface area (Å²) in [7, 11) is 4.03. The van der Waals surface area contributed by atoms with Gasteiger partial charge >= 0.3 is 0 Å². The minimum absolute atomic E-state index is 0.0596. The highest BCUT2D eigenvalue weighted by molar-refractivity contribution is 5.97. The number of piperazine rings is 1. The molecule has 1 aliphatic rings. The fourth-order valence-electron chi connectivity index (χ4n) is 4.17. The van der Waals surface area contributed by atoms with E-state index in [1.165, 1.54) is 12.1 Å². The molecule has 2 heterocycles. The predicted molar refractivity (Wildman–Crippen MR) is 120 cm³/mol. The van der Waals surface area contributed by atoms with Crippen LogP contribution in [0.4, 0.5) is 4.39 Å². The van der Waals surface area contributed by atoms with Gasteiger partial charge in [-0.15, -0.1) is 0 Å². The number of rotatable bonds is 6. The van der Waals surface area contributed by atoms with Gasteiger partial charge in [0, 0.05) is 51.0 Å². The van der Waals surface area contributed by atoms with Gasteiger partial charge < -0.3 is 19.7 Å². The van der Waals surface area contributed by atoms with Crippen molar-refractivity contribution in [1.82, 2.24) is 19.7 Å². The summed E-state index contributed by atoms with van der Waals surface area (Å²) in [5.41, 5.74) is 4.51. The van der Waals surface area contributed by atoms with Crippen molar-refractivity contribution in [1.29, 1.82) is 0 Å². The maximum Gasteiger partial charge on any atom is 0.256 e. The number of aromatic nitrogens is 1. The SMILES string of the molecule is Cc1c(CCC(=O)N[C@@H](C)c2ccc(F)cc2)c(C(=O)N2CCN(C)CC2)c(C)n1C. The molecule has 1 aliphatic heterocycles. The van der Waals surface area contributed by atoms with E-state index in [1.54, 1.807) is 12.1 Å². The second-order valence-corrected chi connectivity index (χ2v) is 8.52. The average molecular weight is 429 g/mol. The van der Waals surface area contributed by atoms with Crippen molar-refractivity contribution in [3.63, 3.8) is 0 Å². The van der Waals surface area contributed by atoms with E-state index in [2.05, 4.69) is 17.3 Å². The number of halogens is 1. The lowest BCUT2D eigenvalue weighted by Crippen LogP contribution is -2.47. The van der Waals surface area contributed by atoms with Crippen molar-refractivity contribution in [3.05, 3.63) is 58.2 Å². The summed E-state index contributed by atoms with van der Waals surface area (Å²) in [5.74, 6) is -0.324. The Bertz CT molecular complexity index is 943. The van der Waals surface area contributed by atoms with Gasteiger partial charge in [-0.25, -0.2) is 4.39 Å². The Kier molecular flexibility index (Phi) is 7.15. The Morgan fingerprint density at radius 2 is 1.65 bits per heavy atom. The lowest BCUT2D eigenvalue weighted by atomic mass is 10.0. The van der Waals surface area contributed by atoms with E-state index in [4.69, 9.17) is 0 Å². The highest BCUT2D eigenvalue weighted by Crippen LogP contribution is 2.25. The molecule has 0 unspecified atom stereocenters. The van der Waals surface area contributed by atoms with E-state index >= 15 is 0 Å². The van der Waals surface area contributed by atoms with Gasteiger partial charge in [0.25, 0.3) is 5.91 Å². The molecule has 2 aromatic rings. The second kappa shape index (κ2) is 9.64. The third-order valence-corrected chi connectivity index (χ3v) is 6.46. The molecule has 1 aromatic carbocycles. The summed E-state index contributed by atoms with van der Waals surface area (Å²) in [4.78, 5) is 30.0. The highest BCUT2D eigenvalue weighted by Gasteiger charge is 2.27. The van der Waals surface area contributed by atoms with E-state index in [0.29, 0.717) is 12.8 Å². The number of likely N-dealkylation sites (N-methyl/N-ethyl adjacent to an activating group) is 1. The lowest BCUT2D eigenvalue weighted by Gasteiger charge is -2.32. The highest BCUT2D eigenvalue weighted by atomic mass is 19.1. The normalized spacial score (nSPS) is 15.7. The molecule has 1 saturated heterocycles. The zero-order chi connectivity index (χ0) is 22.7. The molecule has 0 aliphatic carbocycles. The van der Waals surface area contributed by atoms with Crippen LogP contribution in [0.15, 0.2) is 24.3 Å². The number of benzene rings is 1. The van der Waals surface area contributed by atoms with Gasteiger partial charge in [0.05, 0.1) is 11.6 Å². The number of hydrogen-bond donors (Lipinski definition) is 1. The molecule has 7 heteroatoms. The third kappa shape index (κ3) is 5.15. The van der Waals surface area contributed by atoms with Crippen LogP contribution in [-0.2, 0) is 18.3 Å². The maximum atomic E-state index is 13.3. The Morgan fingerprint density at radius 1 is 1.03 bits per heavy atom. The van der Waals surface area contributed by atoms with E-state index in [0.717, 1.165) is 54.3 Å². The van der Waals surface area contributed by atoms with Crippen molar-refractivity contribution in [2.24, 2.45) is 7.05 Å². The molecular formula is C24H33FN4O2. The third-order valence-electron chi connectivity index (χ3n) is 6.46. The van der Waals surface area contributed by atoms with Crippen molar-refractivity contribution < 1.29 is 14.0 Å². The van der Waals surface area contributed by atoms with Crippen LogP contribution in [0.5, 0.6) is 0 Å². The summed E-state index contributed by atoms with van der Waals surface area (Å²) in [6, 6.07) is 5.93. The first-order valence-electron chi connectivity index (χ1n) is 10.9. The van der Waals surface area contributed by atoms with E-state index in [9.17, 15) is 14.0 Å². The molecule has 1 aromatic heterocycles. The van der Waals surface area contributed by atoms with E-state index < -0.39 is 0 Å². The number of nitrogens with zero attached hydrogens (tertiary/aromatic N) is 3. The fraction of sp³-hybridized carbons (Fsp3) is 0.500. The van der Waals surface area contributed by atoms with Crippen LogP contribution < -0.4 is 5.32 Å². The molecule has 3 rings (SSSR count). The molecule has 0 spiro atoms. The predicted octanol–water partition coefficient (Wildman–Crippen LogP) is 2.98. The quantitative estimate of drug-likeness (QED) is 0.770. The topological polar surface area (TPSA) is 57.6 Å². The molecule has 1 atom stereocenters.